The van der Waals surface area contributed by atoms with Crippen LogP contribution < -0.4 is 19.6 Å². The Morgan fingerprint density at radius 1 is 1.11 bits per heavy atom. The van der Waals surface area contributed by atoms with E-state index >= 15 is 0 Å². The zero-order valence-electron chi connectivity index (χ0n) is 14.9. The molecule has 0 bridgehead atoms. The van der Waals surface area contributed by atoms with Crippen LogP contribution in [0, 0.1) is 0 Å². The lowest BCUT2D eigenvalue weighted by Gasteiger charge is -2.10. The van der Waals surface area contributed by atoms with Gasteiger partial charge in [-0.05, 0) is 48.4 Å². The molecule has 2 aromatic rings. The van der Waals surface area contributed by atoms with Crippen LogP contribution in [0.4, 0.5) is 8.78 Å². The van der Waals surface area contributed by atoms with E-state index in [4.69, 9.17) is 9.47 Å². The molecule has 0 aliphatic rings. The number of methoxy groups -OCH3 is 1. The van der Waals surface area contributed by atoms with Crippen molar-refractivity contribution in [2.75, 3.05) is 13.7 Å². The summed E-state index contributed by atoms with van der Waals surface area (Å²) in [6.07, 6.45) is 0.530. The van der Waals surface area contributed by atoms with Crippen LogP contribution in [-0.4, -0.2) is 31.9 Å². The highest BCUT2D eigenvalue weighted by molar-refractivity contribution is 6.01. The maximum atomic E-state index is 12.2. The molecular formula is C19H20F2N2O4. The van der Waals surface area contributed by atoms with Gasteiger partial charge in [-0.3, -0.25) is 4.79 Å². The van der Waals surface area contributed by atoms with Crippen LogP contribution in [0.1, 0.15) is 18.9 Å². The number of alkyl halides is 2. The number of hydrogen-bond donors (Lipinski definition) is 1. The number of amides is 1. The lowest BCUT2D eigenvalue weighted by atomic mass is 10.1. The quantitative estimate of drug-likeness (QED) is 0.535. The van der Waals surface area contributed by atoms with Crippen molar-refractivity contribution in [2.45, 2.75) is 20.0 Å². The molecule has 0 unspecified atom stereocenters. The van der Waals surface area contributed by atoms with Crippen LogP contribution in [0.2, 0.25) is 0 Å². The summed E-state index contributed by atoms with van der Waals surface area (Å²) in [6, 6.07) is 13.0. The number of para-hydroxylation sites is 2. The number of hydrazone groups is 1. The predicted octanol–water partition coefficient (Wildman–Crippen LogP) is 3.61. The maximum Gasteiger partial charge on any atom is 0.387 e. The van der Waals surface area contributed by atoms with Crippen LogP contribution in [-0.2, 0) is 4.79 Å². The number of carbonyl (C=O) groups is 1. The summed E-state index contributed by atoms with van der Waals surface area (Å²) >= 11 is 0. The molecule has 0 fully saturated rings. The number of nitrogens with zero attached hydrogens (tertiary/aromatic N) is 1. The zero-order valence-corrected chi connectivity index (χ0v) is 14.9. The van der Waals surface area contributed by atoms with Gasteiger partial charge in [0.2, 0.25) is 0 Å². The minimum Gasteiger partial charge on any atom is -0.493 e. The molecule has 0 radical (unpaired) electrons. The summed E-state index contributed by atoms with van der Waals surface area (Å²) < 4.78 is 39.2. The molecule has 0 aliphatic carbocycles. The average Bonchev–Trinajstić information content (AvgIpc) is 2.67. The molecule has 0 aromatic heterocycles. The van der Waals surface area contributed by atoms with Crippen molar-refractivity contribution in [1.29, 1.82) is 0 Å². The van der Waals surface area contributed by atoms with E-state index in [2.05, 4.69) is 15.3 Å². The average molecular weight is 378 g/mol. The molecule has 1 N–H and O–H groups in total. The fourth-order valence-electron chi connectivity index (χ4n) is 2.22. The zero-order chi connectivity index (χ0) is 19.6. The molecule has 0 atom stereocenters. The van der Waals surface area contributed by atoms with Crippen molar-refractivity contribution in [2.24, 2.45) is 5.10 Å². The van der Waals surface area contributed by atoms with Gasteiger partial charge in [0, 0.05) is 0 Å². The molecule has 1 amide bonds. The molecule has 0 saturated carbocycles. The molecule has 0 aliphatic heterocycles. The Hall–Kier alpha value is -3.16. The van der Waals surface area contributed by atoms with Crippen molar-refractivity contribution in [3.63, 3.8) is 0 Å². The Morgan fingerprint density at radius 2 is 1.78 bits per heavy atom. The van der Waals surface area contributed by atoms with Crippen LogP contribution >= 0.6 is 0 Å². The van der Waals surface area contributed by atoms with Gasteiger partial charge in [-0.2, -0.15) is 13.9 Å². The minimum atomic E-state index is -2.88. The van der Waals surface area contributed by atoms with Crippen LogP contribution in [0.3, 0.4) is 0 Å². The highest BCUT2D eigenvalue weighted by Crippen LogP contribution is 2.25. The molecule has 27 heavy (non-hydrogen) atoms. The molecular weight excluding hydrogens is 358 g/mol. The third-order valence-corrected chi connectivity index (χ3v) is 3.49. The third-order valence-electron chi connectivity index (χ3n) is 3.49. The number of nitrogens with one attached hydrogen (secondary N) is 1. The van der Waals surface area contributed by atoms with Gasteiger partial charge in [0.05, 0.1) is 12.8 Å². The van der Waals surface area contributed by atoms with Gasteiger partial charge >= 0.3 is 6.61 Å². The summed E-state index contributed by atoms with van der Waals surface area (Å²) in [6.45, 7) is -1.25. The number of benzene rings is 2. The van der Waals surface area contributed by atoms with Crippen molar-refractivity contribution < 1.29 is 27.8 Å². The van der Waals surface area contributed by atoms with E-state index in [0.717, 1.165) is 0 Å². The highest BCUT2D eigenvalue weighted by atomic mass is 19.3. The van der Waals surface area contributed by atoms with Crippen molar-refractivity contribution in [3.05, 3.63) is 54.1 Å². The first kappa shape index (κ1) is 20.2. The smallest absolute Gasteiger partial charge is 0.387 e. The Balaban J connectivity index is 1.94. The van der Waals surface area contributed by atoms with E-state index < -0.39 is 12.5 Å². The lowest BCUT2D eigenvalue weighted by molar-refractivity contribution is -0.123. The molecule has 2 rings (SSSR count). The monoisotopic (exact) mass is 378 g/mol. The molecule has 0 heterocycles. The number of hydrogen-bond acceptors (Lipinski definition) is 5. The van der Waals surface area contributed by atoms with Gasteiger partial charge < -0.3 is 14.2 Å². The van der Waals surface area contributed by atoms with Gasteiger partial charge in [0.1, 0.15) is 5.75 Å². The van der Waals surface area contributed by atoms with E-state index in [1.54, 1.807) is 36.4 Å². The largest absolute Gasteiger partial charge is 0.493 e. The van der Waals surface area contributed by atoms with E-state index in [1.165, 1.54) is 19.2 Å². The second kappa shape index (κ2) is 10.1. The SMILES string of the molecule is CC/C(=N/NC(=O)COc1ccccc1OC)c1ccc(OC(F)F)cc1. The standard InChI is InChI=1S/C19H20F2N2O4/c1-3-15(13-8-10-14(11-9-13)27-19(20)21)22-23-18(24)12-26-17-7-5-4-6-16(17)25-2/h4-11,19H,3,12H2,1-2H3,(H,23,24)/b22-15-. The fraction of sp³-hybridized carbons (Fsp3) is 0.263. The van der Waals surface area contributed by atoms with E-state index in [-0.39, 0.29) is 12.4 Å². The van der Waals surface area contributed by atoms with E-state index in [0.29, 0.717) is 29.2 Å². The first-order valence-electron chi connectivity index (χ1n) is 8.20. The maximum absolute atomic E-state index is 12.2. The number of rotatable bonds is 9. The summed E-state index contributed by atoms with van der Waals surface area (Å²) in [5.41, 5.74) is 3.69. The number of ether oxygens (including phenoxy) is 3. The van der Waals surface area contributed by atoms with Gasteiger partial charge in [-0.1, -0.05) is 19.1 Å². The second-order valence-corrected chi connectivity index (χ2v) is 5.29. The first-order valence-corrected chi connectivity index (χ1v) is 8.20. The van der Waals surface area contributed by atoms with Crippen molar-refractivity contribution in [3.8, 4) is 17.2 Å². The molecule has 0 saturated heterocycles. The second-order valence-electron chi connectivity index (χ2n) is 5.29. The normalized spacial score (nSPS) is 11.2. The van der Waals surface area contributed by atoms with Gasteiger partial charge in [0.15, 0.2) is 18.1 Å². The summed E-state index contributed by atoms with van der Waals surface area (Å²) in [5, 5.41) is 4.07. The molecule has 2 aromatic carbocycles. The van der Waals surface area contributed by atoms with Crippen molar-refractivity contribution >= 4 is 11.6 Å². The number of carbonyl (C=O) groups excluding carboxylic acids is 1. The molecule has 6 nitrogen and oxygen atoms in total. The van der Waals surface area contributed by atoms with Crippen LogP contribution in [0.25, 0.3) is 0 Å². The van der Waals surface area contributed by atoms with Crippen molar-refractivity contribution in [1.82, 2.24) is 5.43 Å². The summed E-state index contributed by atoms with van der Waals surface area (Å²) in [5.74, 6) is 0.585. The number of halogens is 2. The van der Waals surface area contributed by atoms with Gasteiger partial charge in [-0.15, -0.1) is 0 Å². The Labute approximate surface area is 155 Å². The van der Waals surface area contributed by atoms with E-state index in [9.17, 15) is 13.6 Å². The summed E-state index contributed by atoms with van der Waals surface area (Å²) in [4.78, 5) is 12.0. The lowest BCUT2D eigenvalue weighted by Crippen LogP contribution is -2.26. The minimum absolute atomic E-state index is 0.0541. The highest BCUT2D eigenvalue weighted by Gasteiger charge is 2.09. The molecule has 144 valence electrons. The van der Waals surface area contributed by atoms with Crippen LogP contribution in [0.15, 0.2) is 53.6 Å². The van der Waals surface area contributed by atoms with Crippen LogP contribution in [0.5, 0.6) is 17.2 Å². The van der Waals surface area contributed by atoms with E-state index in [1.807, 2.05) is 6.92 Å². The summed E-state index contributed by atoms with van der Waals surface area (Å²) in [7, 11) is 1.51. The van der Waals surface area contributed by atoms with Gasteiger partial charge in [0.25, 0.3) is 5.91 Å². The molecule has 0 spiro atoms. The Bertz CT molecular complexity index is 780. The molecule has 8 heteroatoms. The third kappa shape index (κ3) is 6.25. The Kier molecular flexibility index (Phi) is 7.54. The predicted molar refractivity (Wildman–Crippen MR) is 96.5 cm³/mol. The fourth-order valence-corrected chi connectivity index (χ4v) is 2.22. The van der Waals surface area contributed by atoms with Gasteiger partial charge in [-0.25, -0.2) is 5.43 Å². The topological polar surface area (TPSA) is 69.2 Å². The Morgan fingerprint density at radius 3 is 2.37 bits per heavy atom. The first-order chi connectivity index (χ1) is 13.0.